The molecule has 0 aromatic carbocycles. The molecule has 88 valence electrons. The fourth-order valence-electron chi connectivity index (χ4n) is 1.35. The van der Waals surface area contributed by atoms with Crippen molar-refractivity contribution >= 4 is 17.9 Å². The summed E-state index contributed by atoms with van der Waals surface area (Å²) < 4.78 is 5.31. The zero-order valence-corrected chi connectivity index (χ0v) is 10.5. The summed E-state index contributed by atoms with van der Waals surface area (Å²) in [6, 6.07) is 0. The number of thioether (sulfide) groups is 1. The van der Waals surface area contributed by atoms with Gasteiger partial charge in [-0.05, 0) is 20.8 Å². The van der Waals surface area contributed by atoms with Gasteiger partial charge in [0.1, 0.15) is 5.60 Å². The van der Waals surface area contributed by atoms with Crippen LogP contribution in [0.2, 0.25) is 0 Å². The molecule has 0 bridgehead atoms. The molecule has 1 heterocycles. The van der Waals surface area contributed by atoms with Crippen LogP contribution in [0.15, 0.2) is 0 Å². The number of nitrogens with two attached hydrogens (primary N) is 1. The van der Waals surface area contributed by atoms with Crippen molar-refractivity contribution in [2.75, 3.05) is 25.4 Å². The third kappa shape index (κ3) is 4.30. The minimum absolute atomic E-state index is 0.221. The molecule has 1 amide bonds. The van der Waals surface area contributed by atoms with Crippen LogP contribution < -0.4 is 5.73 Å². The maximum Gasteiger partial charge on any atom is 0.410 e. The lowest BCUT2D eigenvalue weighted by Gasteiger charge is -2.33. The van der Waals surface area contributed by atoms with Crippen molar-refractivity contribution in [3.05, 3.63) is 0 Å². The molecule has 15 heavy (non-hydrogen) atoms. The Morgan fingerprint density at radius 2 is 2.27 bits per heavy atom. The number of ether oxygens (including phenoxy) is 1. The van der Waals surface area contributed by atoms with Crippen LogP contribution >= 0.6 is 11.8 Å². The van der Waals surface area contributed by atoms with E-state index in [1.807, 2.05) is 32.5 Å². The van der Waals surface area contributed by atoms with Gasteiger partial charge in [-0.1, -0.05) is 0 Å². The summed E-state index contributed by atoms with van der Waals surface area (Å²) in [5.41, 5.74) is 5.18. The first kappa shape index (κ1) is 12.6. The number of hydrogen-bond donors (Lipinski definition) is 1. The van der Waals surface area contributed by atoms with E-state index in [4.69, 9.17) is 10.5 Å². The molecule has 0 radical (unpaired) electrons. The molecule has 0 spiro atoms. The molecule has 0 aliphatic carbocycles. The Morgan fingerprint density at radius 1 is 1.60 bits per heavy atom. The Bertz CT molecular complexity index is 228. The molecule has 0 saturated carbocycles. The van der Waals surface area contributed by atoms with E-state index in [0.29, 0.717) is 18.3 Å². The van der Waals surface area contributed by atoms with Gasteiger partial charge in [0, 0.05) is 30.6 Å². The van der Waals surface area contributed by atoms with Gasteiger partial charge in [0.05, 0.1) is 0 Å². The molecule has 0 aromatic rings. The third-order valence-corrected chi connectivity index (χ3v) is 3.28. The highest BCUT2D eigenvalue weighted by atomic mass is 32.2. The number of amides is 1. The second-order valence-electron chi connectivity index (χ2n) is 4.65. The molecule has 2 N–H and O–H groups in total. The van der Waals surface area contributed by atoms with Crippen molar-refractivity contribution in [1.82, 2.24) is 4.90 Å². The Labute approximate surface area is 95.5 Å². The molecule has 1 atom stereocenters. The fraction of sp³-hybridized carbons (Fsp3) is 0.900. The number of nitrogens with zero attached hydrogens (tertiary/aromatic N) is 1. The minimum Gasteiger partial charge on any atom is -0.444 e. The normalized spacial score (nSPS) is 22.7. The van der Waals surface area contributed by atoms with Gasteiger partial charge in [-0.2, -0.15) is 11.8 Å². The SMILES string of the molecule is CC(C)(C)OC(=O)N1CCS[C@H](CN)C1. The smallest absolute Gasteiger partial charge is 0.410 e. The number of carbonyl (C=O) groups is 1. The van der Waals surface area contributed by atoms with E-state index in [1.165, 1.54) is 0 Å². The molecule has 1 aliphatic rings. The zero-order valence-electron chi connectivity index (χ0n) is 9.66. The van der Waals surface area contributed by atoms with Crippen molar-refractivity contribution in [2.24, 2.45) is 5.73 Å². The quantitative estimate of drug-likeness (QED) is 0.740. The maximum absolute atomic E-state index is 11.7. The maximum atomic E-state index is 11.7. The van der Waals surface area contributed by atoms with Crippen LogP contribution in [0.25, 0.3) is 0 Å². The summed E-state index contributed by atoms with van der Waals surface area (Å²) in [6.07, 6.45) is -0.221. The average molecular weight is 232 g/mol. The summed E-state index contributed by atoms with van der Waals surface area (Å²) in [7, 11) is 0. The van der Waals surface area contributed by atoms with Crippen molar-refractivity contribution in [1.29, 1.82) is 0 Å². The molecule has 1 fully saturated rings. The zero-order chi connectivity index (χ0) is 11.5. The Balaban J connectivity index is 2.45. The average Bonchev–Trinajstić information content (AvgIpc) is 2.15. The predicted octanol–water partition coefficient (Wildman–Crippen LogP) is 1.30. The lowest BCUT2D eigenvalue weighted by Crippen LogP contribution is -2.46. The van der Waals surface area contributed by atoms with Crippen LogP contribution in [0.3, 0.4) is 0 Å². The third-order valence-electron chi connectivity index (χ3n) is 2.05. The van der Waals surface area contributed by atoms with Gasteiger partial charge in [-0.3, -0.25) is 0 Å². The highest BCUT2D eigenvalue weighted by molar-refractivity contribution is 8.00. The fourth-order valence-corrected chi connectivity index (χ4v) is 2.43. The first-order valence-corrected chi connectivity index (χ1v) is 6.27. The van der Waals surface area contributed by atoms with Gasteiger partial charge in [-0.25, -0.2) is 4.79 Å². The molecule has 4 nitrogen and oxygen atoms in total. The topological polar surface area (TPSA) is 55.6 Å². The Kier molecular flexibility index (Phi) is 4.28. The monoisotopic (exact) mass is 232 g/mol. The van der Waals surface area contributed by atoms with Gasteiger partial charge in [0.25, 0.3) is 0 Å². The molecule has 0 aromatic heterocycles. The molecule has 0 unspecified atom stereocenters. The first-order chi connectivity index (χ1) is 6.92. The van der Waals surface area contributed by atoms with E-state index in [-0.39, 0.29) is 6.09 Å². The van der Waals surface area contributed by atoms with E-state index in [0.717, 1.165) is 12.3 Å². The van der Waals surface area contributed by atoms with Crippen LogP contribution in [-0.4, -0.2) is 47.2 Å². The first-order valence-electron chi connectivity index (χ1n) is 5.22. The summed E-state index contributed by atoms with van der Waals surface area (Å²) >= 11 is 1.83. The van der Waals surface area contributed by atoms with Crippen molar-refractivity contribution in [2.45, 2.75) is 31.6 Å². The highest BCUT2D eigenvalue weighted by Gasteiger charge is 2.27. The van der Waals surface area contributed by atoms with Gasteiger partial charge < -0.3 is 15.4 Å². The van der Waals surface area contributed by atoms with E-state index >= 15 is 0 Å². The van der Waals surface area contributed by atoms with Crippen molar-refractivity contribution < 1.29 is 9.53 Å². The van der Waals surface area contributed by atoms with Crippen LogP contribution in [0, 0.1) is 0 Å². The Morgan fingerprint density at radius 3 is 2.80 bits per heavy atom. The number of hydrogen-bond acceptors (Lipinski definition) is 4. The van der Waals surface area contributed by atoms with Gasteiger partial charge in [0.2, 0.25) is 0 Å². The van der Waals surface area contributed by atoms with E-state index < -0.39 is 5.60 Å². The standard InChI is InChI=1S/C10H20N2O2S/c1-10(2,3)14-9(13)12-4-5-15-8(6-11)7-12/h8H,4-7,11H2,1-3H3/t8-/m1/s1. The van der Waals surface area contributed by atoms with Crippen molar-refractivity contribution in [3.8, 4) is 0 Å². The van der Waals surface area contributed by atoms with Gasteiger partial charge in [-0.15, -0.1) is 0 Å². The Hall–Kier alpha value is -0.420. The van der Waals surface area contributed by atoms with E-state index in [9.17, 15) is 4.79 Å². The predicted molar refractivity (Wildman–Crippen MR) is 63.1 cm³/mol. The summed E-state index contributed by atoms with van der Waals surface area (Å²) in [5.74, 6) is 0.946. The lowest BCUT2D eigenvalue weighted by molar-refractivity contribution is 0.0258. The molecule has 1 saturated heterocycles. The van der Waals surface area contributed by atoms with Crippen LogP contribution in [-0.2, 0) is 4.74 Å². The number of rotatable bonds is 1. The van der Waals surface area contributed by atoms with Crippen LogP contribution in [0.1, 0.15) is 20.8 Å². The van der Waals surface area contributed by atoms with Gasteiger partial charge in [0.15, 0.2) is 0 Å². The highest BCUT2D eigenvalue weighted by Crippen LogP contribution is 2.19. The number of carbonyl (C=O) groups excluding carboxylic acids is 1. The van der Waals surface area contributed by atoms with Gasteiger partial charge >= 0.3 is 6.09 Å². The summed E-state index contributed by atoms with van der Waals surface area (Å²) in [4.78, 5) is 13.5. The summed E-state index contributed by atoms with van der Waals surface area (Å²) in [6.45, 7) is 7.72. The molecule has 1 aliphatic heterocycles. The largest absolute Gasteiger partial charge is 0.444 e. The summed E-state index contributed by atoms with van der Waals surface area (Å²) in [5, 5.41) is 0.353. The second-order valence-corrected chi connectivity index (χ2v) is 6.06. The molecular weight excluding hydrogens is 212 g/mol. The van der Waals surface area contributed by atoms with Crippen LogP contribution in [0.5, 0.6) is 0 Å². The minimum atomic E-state index is -0.417. The molecular formula is C10H20N2O2S. The van der Waals surface area contributed by atoms with Crippen LogP contribution in [0.4, 0.5) is 4.79 Å². The van der Waals surface area contributed by atoms with E-state index in [1.54, 1.807) is 4.90 Å². The van der Waals surface area contributed by atoms with E-state index in [2.05, 4.69) is 0 Å². The molecule has 5 heteroatoms. The second kappa shape index (κ2) is 5.07. The molecule has 1 rings (SSSR count). The lowest BCUT2D eigenvalue weighted by atomic mass is 10.2. The van der Waals surface area contributed by atoms with Crippen molar-refractivity contribution in [3.63, 3.8) is 0 Å².